The van der Waals surface area contributed by atoms with Gasteiger partial charge in [-0.25, -0.2) is 0 Å². The molecule has 3 nitrogen and oxygen atoms in total. The predicted octanol–water partition coefficient (Wildman–Crippen LogP) is -1.77. The minimum absolute atomic E-state index is 0. The summed E-state index contributed by atoms with van der Waals surface area (Å²) in [6.07, 6.45) is 0. The zero-order valence-electron chi connectivity index (χ0n) is 5.09. The summed E-state index contributed by atoms with van der Waals surface area (Å²) in [7, 11) is -3.13. The first-order valence-electron chi connectivity index (χ1n) is 0.651. The van der Waals surface area contributed by atoms with Gasteiger partial charge >= 0.3 is 54.7 Å². The van der Waals surface area contributed by atoms with E-state index >= 15 is 0 Å². The van der Waals surface area contributed by atoms with E-state index in [-0.39, 0.29) is 83.9 Å². The molecule has 6 heavy (non-hydrogen) atoms. The van der Waals surface area contributed by atoms with Crippen LogP contribution in [0.4, 0.5) is 0 Å². The molecule has 0 unspecified atom stereocenters. The largest absolute Gasteiger partial charge is 2.00 e. The molecule has 2 N–H and O–H groups in total. The molecule has 1 radical (unpaired) electrons. The molecule has 0 rings (SSSR count). The molecule has 0 bridgehead atoms. The van der Waals surface area contributed by atoms with Crippen LogP contribution >= 0.6 is 0 Å². The van der Waals surface area contributed by atoms with Crippen LogP contribution in [-0.4, -0.2) is 64.2 Å². The monoisotopic (exact) mass is 307 g/mol. The summed E-state index contributed by atoms with van der Waals surface area (Å²) >= 11 is 0. The predicted molar refractivity (Wildman–Crippen MR) is 18.9 cm³/mol. The number of hydrogen-bond donors (Lipinski definition) is 2. The average molecular weight is 307 g/mol. The fourth-order valence-electron chi connectivity index (χ4n) is 0. The summed E-state index contributed by atoms with van der Waals surface area (Å²) in [6.45, 7) is 0. The molecular weight excluding hydrogens is 303 g/mol. The Morgan fingerprint density at radius 3 is 1.50 bits per heavy atom. The van der Waals surface area contributed by atoms with E-state index < -0.39 is 9.17 Å². The van der Waals surface area contributed by atoms with Gasteiger partial charge in [-0.1, -0.05) is 0 Å². The zero-order valence-corrected chi connectivity index (χ0v) is 11.2. The van der Waals surface area contributed by atoms with E-state index in [1.165, 1.54) is 0 Å². The molecule has 0 aliphatic heterocycles. The van der Waals surface area contributed by atoms with Gasteiger partial charge in [-0.3, -0.25) is 4.46 Å². The molecule has 6 heteroatoms. The van der Waals surface area contributed by atoms with Crippen molar-refractivity contribution in [3.05, 3.63) is 0 Å². The van der Waals surface area contributed by atoms with Crippen molar-refractivity contribution >= 4 is 54.7 Å². The second kappa shape index (κ2) is 10.3. The maximum absolute atomic E-state index is 8.74. The van der Waals surface area contributed by atoms with Gasteiger partial charge in [0.1, 0.15) is 0 Å². The molecule has 0 heterocycles. The Morgan fingerprint density at radius 1 is 1.50 bits per heavy atom. The Balaban J connectivity index is -0.00000000750. The van der Waals surface area contributed by atoms with Crippen LogP contribution in [-0.2, 0) is 4.46 Å². The van der Waals surface area contributed by atoms with E-state index in [0.717, 1.165) is 0 Å². The number of rotatable bonds is 0. The van der Waals surface area contributed by atoms with Gasteiger partial charge in [0.05, 0.1) is 0 Å². The maximum atomic E-state index is 8.74. The van der Waals surface area contributed by atoms with Crippen LogP contribution in [0.3, 0.4) is 0 Å². The van der Waals surface area contributed by atoms with Crippen LogP contribution in [0.15, 0.2) is 0 Å². The third-order valence-electron chi connectivity index (χ3n) is 0. The van der Waals surface area contributed by atoms with Crippen LogP contribution in [0.5, 0.6) is 0 Å². The van der Waals surface area contributed by atoms with E-state index in [0.29, 0.717) is 0 Å². The normalized spacial score (nSPS) is 4.00. The van der Waals surface area contributed by atoms with Crippen molar-refractivity contribution in [3.63, 3.8) is 0 Å². The van der Waals surface area contributed by atoms with Crippen molar-refractivity contribution in [2.45, 2.75) is 0 Å². The van der Waals surface area contributed by atoms with Crippen molar-refractivity contribution in [3.8, 4) is 0 Å². The Hall–Kier alpha value is 2.29. The summed E-state index contributed by atoms with van der Waals surface area (Å²) < 4.78 is 8.74. The molecule has 0 fully saturated rings. The molecule has 31 valence electrons. The van der Waals surface area contributed by atoms with Gasteiger partial charge in [0, 0.05) is 35.6 Å². The van der Waals surface area contributed by atoms with Crippen LogP contribution in [0.2, 0.25) is 0 Å². The molecule has 0 amide bonds. The van der Waals surface area contributed by atoms with Crippen molar-refractivity contribution in [2.75, 3.05) is 0 Å². The molecule has 0 saturated heterocycles. The molecule has 0 aromatic rings. The smallest absolute Gasteiger partial charge is 1.00 e. The summed E-state index contributed by atoms with van der Waals surface area (Å²) in [6, 6.07) is 0. The second-order valence-corrected chi connectivity index (χ2v) is 0.848. The molecule has 0 aromatic heterocycles. The van der Waals surface area contributed by atoms with Crippen LogP contribution in [0, 0.1) is 35.6 Å². The van der Waals surface area contributed by atoms with Gasteiger partial charge in [-0.05, 0) is 0 Å². The molecule has 0 aromatic carbocycles. The van der Waals surface area contributed by atoms with Gasteiger partial charge in [0.25, 0.3) is 0 Å². The average Bonchev–Trinajstić information content (AvgIpc) is 0.811. The summed E-state index contributed by atoms with van der Waals surface area (Å²) in [4.78, 5) is 14.3. The summed E-state index contributed by atoms with van der Waals surface area (Å²) in [5, 5.41) is 0. The standard InChI is InChI=1S/La.H2O3Si.Sr.2H/c;1-4(2)3;;;/h;1-2H;;;/q;;+2;2*-1. The Labute approximate surface area is 105 Å². The van der Waals surface area contributed by atoms with Crippen molar-refractivity contribution in [2.24, 2.45) is 0 Å². The van der Waals surface area contributed by atoms with E-state index in [1.807, 2.05) is 0 Å². The quantitative estimate of drug-likeness (QED) is 0.521. The second-order valence-electron chi connectivity index (χ2n) is 0.283. The van der Waals surface area contributed by atoms with Crippen LogP contribution in [0.1, 0.15) is 2.85 Å². The van der Waals surface area contributed by atoms with E-state index in [1.54, 1.807) is 0 Å². The van der Waals surface area contributed by atoms with Crippen molar-refractivity contribution < 1.29 is 52.5 Å². The maximum Gasteiger partial charge on any atom is 2.00 e. The third-order valence-corrected chi connectivity index (χ3v) is 0. The molecule has 0 spiro atoms. The molecule has 0 aliphatic carbocycles. The Bertz CT molecular complexity index is 40.3. The first kappa shape index (κ1) is 15.7. The van der Waals surface area contributed by atoms with Crippen LogP contribution < -0.4 is 0 Å². The first-order valence-corrected chi connectivity index (χ1v) is 1.95. The van der Waals surface area contributed by atoms with Crippen molar-refractivity contribution in [1.29, 1.82) is 0 Å². The SMILES string of the molecule is O=[Si](O)O.[H-].[H-].[La].[Sr+2]. The van der Waals surface area contributed by atoms with E-state index in [9.17, 15) is 0 Å². The van der Waals surface area contributed by atoms with Crippen LogP contribution in [0.25, 0.3) is 0 Å². The Kier molecular flexibility index (Phi) is 27.0. The zero-order chi connectivity index (χ0) is 3.58. The Morgan fingerprint density at radius 2 is 1.50 bits per heavy atom. The van der Waals surface area contributed by atoms with Gasteiger partial charge in [-0.2, -0.15) is 0 Å². The van der Waals surface area contributed by atoms with Crippen molar-refractivity contribution in [1.82, 2.24) is 0 Å². The topological polar surface area (TPSA) is 57.5 Å². The van der Waals surface area contributed by atoms with E-state index in [2.05, 4.69) is 0 Å². The molecule has 0 saturated carbocycles. The van der Waals surface area contributed by atoms with Gasteiger partial charge in [-0.15, -0.1) is 0 Å². The van der Waals surface area contributed by atoms with Gasteiger partial charge < -0.3 is 12.4 Å². The first-order chi connectivity index (χ1) is 1.73. The molecule has 0 aliphatic rings. The minimum Gasteiger partial charge on any atom is -1.00 e. The van der Waals surface area contributed by atoms with E-state index in [4.69, 9.17) is 14.1 Å². The fraction of sp³-hybridized carbons (Fsp3) is 0. The third kappa shape index (κ3) is 33.5. The van der Waals surface area contributed by atoms with Gasteiger partial charge in [0.2, 0.25) is 0 Å². The number of hydrogen-bond acceptors (Lipinski definition) is 1. The fourth-order valence-corrected chi connectivity index (χ4v) is 0. The summed E-state index contributed by atoms with van der Waals surface area (Å²) in [5.74, 6) is 0. The van der Waals surface area contributed by atoms with Gasteiger partial charge in [0.15, 0.2) is 0 Å². The molecular formula is H4LaO3SiSr. The minimum atomic E-state index is -3.13. The molecule has 0 atom stereocenters. The summed E-state index contributed by atoms with van der Waals surface area (Å²) in [5.41, 5.74) is 0.